The number of nitrogens with zero attached hydrogens (tertiary/aromatic N) is 1. The van der Waals surface area contributed by atoms with E-state index in [9.17, 15) is 0 Å². The van der Waals surface area contributed by atoms with Gasteiger partial charge in [-0.3, -0.25) is 4.98 Å². The van der Waals surface area contributed by atoms with Gasteiger partial charge < -0.3 is 5.11 Å². The van der Waals surface area contributed by atoms with Crippen LogP contribution in [0.5, 0.6) is 5.75 Å². The first-order chi connectivity index (χ1) is 10.3. The molecule has 21 heavy (non-hydrogen) atoms. The number of benzene rings is 3. The van der Waals surface area contributed by atoms with E-state index < -0.39 is 0 Å². The van der Waals surface area contributed by atoms with Gasteiger partial charge in [-0.25, -0.2) is 0 Å². The fourth-order valence-electron chi connectivity index (χ4n) is 2.24. The van der Waals surface area contributed by atoms with Crippen LogP contribution in [0.3, 0.4) is 0 Å². The van der Waals surface area contributed by atoms with Crippen LogP contribution in [0.25, 0.3) is 21.7 Å². The SMILES string of the molecule is Oc1ccccc1.c1ccc2c(c1)ccc1cccnc12. The summed E-state index contributed by atoms with van der Waals surface area (Å²) in [7, 11) is 0. The molecule has 0 unspecified atom stereocenters. The minimum atomic E-state index is 0.322. The Bertz CT molecular complexity index is 802. The number of fused-ring (bicyclic) bond motifs is 3. The van der Waals surface area contributed by atoms with Gasteiger partial charge in [0.2, 0.25) is 0 Å². The Kier molecular flexibility index (Phi) is 3.79. The molecule has 2 nitrogen and oxygen atoms in total. The first-order valence-electron chi connectivity index (χ1n) is 6.81. The average molecular weight is 273 g/mol. The van der Waals surface area contributed by atoms with Crippen molar-refractivity contribution in [3.8, 4) is 5.75 Å². The standard InChI is InChI=1S/C13H9N.C6H6O/c1-2-6-12-10(4-1)7-8-11-5-3-9-14-13(11)12;7-6-4-2-1-3-5-6/h1-9H;1-5,7H. The van der Waals surface area contributed by atoms with E-state index in [2.05, 4.69) is 47.4 Å². The molecule has 1 N–H and O–H groups in total. The van der Waals surface area contributed by atoms with Crippen LogP contribution in [-0.4, -0.2) is 10.1 Å². The highest BCUT2D eigenvalue weighted by atomic mass is 16.3. The third kappa shape index (κ3) is 3.00. The van der Waals surface area contributed by atoms with E-state index in [1.54, 1.807) is 24.3 Å². The third-order valence-electron chi connectivity index (χ3n) is 3.25. The van der Waals surface area contributed by atoms with Crippen molar-refractivity contribution < 1.29 is 5.11 Å². The second-order valence-electron chi connectivity index (χ2n) is 4.70. The second-order valence-corrected chi connectivity index (χ2v) is 4.70. The number of rotatable bonds is 0. The van der Waals surface area contributed by atoms with Crippen LogP contribution in [0.15, 0.2) is 85.1 Å². The highest BCUT2D eigenvalue weighted by Gasteiger charge is 1.98. The molecule has 1 aromatic heterocycles. The van der Waals surface area contributed by atoms with Gasteiger partial charge in [0.25, 0.3) is 0 Å². The maximum Gasteiger partial charge on any atom is 0.115 e. The molecule has 0 spiro atoms. The van der Waals surface area contributed by atoms with Crippen molar-refractivity contribution in [2.75, 3.05) is 0 Å². The number of hydrogen-bond acceptors (Lipinski definition) is 2. The molecule has 4 rings (SSSR count). The number of aromatic nitrogens is 1. The lowest BCUT2D eigenvalue weighted by Gasteiger charge is -2.01. The molecule has 0 saturated carbocycles. The zero-order valence-corrected chi connectivity index (χ0v) is 11.5. The maximum atomic E-state index is 8.63. The minimum absolute atomic E-state index is 0.322. The Morgan fingerprint density at radius 3 is 2.05 bits per heavy atom. The number of phenols is 1. The topological polar surface area (TPSA) is 33.1 Å². The maximum absolute atomic E-state index is 8.63. The Balaban J connectivity index is 0.000000160. The average Bonchev–Trinajstić information content (AvgIpc) is 2.56. The molecule has 0 aliphatic carbocycles. The summed E-state index contributed by atoms with van der Waals surface area (Å²) in [6.07, 6.45) is 1.84. The van der Waals surface area contributed by atoms with Crippen molar-refractivity contribution in [2.24, 2.45) is 0 Å². The van der Waals surface area contributed by atoms with Crippen LogP contribution >= 0.6 is 0 Å². The second kappa shape index (κ2) is 6.06. The zero-order chi connectivity index (χ0) is 14.5. The summed E-state index contributed by atoms with van der Waals surface area (Å²) in [5, 5.41) is 12.3. The first kappa shape index (κ1) is 13.1. The van der Waals surface area contributed by atoms with E-state index in [1.807, 2.05) is 18.3 Å². The van der Waals surface area contributed by atoms with Crippen LogP contribution in [0.4, 0.5) is 0 Å². The third-order valence-corrected chi connectivity index (χ3v) is 3.25. The Morgan fingerprint density at radius 1 is 0.619 bits per heavy atom. The number of pyridine rings is 1. The smallest absolute Gasteiger partial charge is 0.115 e. The van der Waals surface area contributed by atoms with E-state index >= 15 is 0 Å². The van der Waals surface area contributed by atoms with Crippen molar-refractivity contribution in [1.82, 2.24) is 4.98 Å². The summed E-state index contributed by atoms with van der Waals surface area (Å²) >= 11 is 0. The van der Waals surface area contributed by atoms with Gasteiger partial charge in [0.1, 0.15) is 5.75 Å². The molecule has 0 amide bonds. The van der Waals surface area contributed by atoms with E-state index in [0.29, 0.717) is 5.75 Å². The summed E-state index contributed by atoms with van der Waals surface area (Å²) in [6.45, 7) is 0. The van der Waals surface area contributed by atoms with Crippen molar-refractivity contribution in [1.29, 1.82) is 0 Å². The summed E-state index contributed by atoms with van der Waals surface area (Å²) in [4.78, 5) is 4.41. The highest BCUT2D eigenvalue weighted by Crippen LogP contribution is 2.22. The summed E-state index contributed by atoms with van der Waals surface area (Å²) in [5.41, 5.74) is 1.09. The lowest BCUT2D eigenvalue weighted by atomic mass is 10.1. The van der Waals surface area contributed by atoms with E-state index in [1.165, 1.54) is 16.2 Å². The molecule has 0 fully saturated rings. The van der Waals surface area contributed by atoms with Crippen LogP contribution < -0.4 is 0 Å². The fraction of sp³-hybridized carbons (Fsp3) is 0. The van der Waals surface area contributed by atoms with Crippen molar-refractivity contribution in [2.45, 2.75) is 0 Å². The lowest BCUT2D eigenvalue weighted by Crippen LogP contribution is -1.79. The van der Waals surface area contributed by atoms with E-state index in [-0.39, 0.29) is 0 Å². The Labute approximate surface area is 123 Å². The van der Waals surface area contributed by atoms with Crippen LogP contribution in [0.2, 0.25) is 0 Å². The van der Waals surface area contributed by atoms with Gasteiger partial charge in [-0.1, -0.05) is 60.7 Å². The summed E-state index contributed by atoms with van der Waals surface area (Å²) < 4.78 is 0. The molecule has 0 atom stereocenters. The highest BCUT2D eigenvalue weighted by molar-refractivity contribution is 6.04. The van der Waals surface area contributed by atoms with Crippen molar-refractivity contribution in [3.63, 3.8) is 0 Å². The number of para-hydroxylation sites is 1. The van der Waals surface area contributed by atoms with Crippen LogP contribution in [0, 0.1) is 0 Å². The molecular weight excluding hydrogens is 258 g/mol. The van der Waals surface area contributed by atoms with E-state index in [0.717, 1.165) is 5.52 Å². The quantitative estimate of drug-likeness (QED) is 0.468. The molecule has 1 heterocycles. The first-order valence-corrected chi connectivity index (χ1v) is 6.81. The van der Waals surface area contributed by atoms with Crippen LogP contribution in [-0.2, 0) is 0 Å². The van der Waals surface area contributed by atoms with Crippen molar-refractivity contribution >= 4 is 21.7 Å². The summed E-state index contributed by atoms with van der Waals surface area (Å²) in [5.74, 6) is 0.322. The van der Waals surface area contributed by atoms with E-state index in [4.69, 9.17) is 5.11 Å². The van der Waals surface area contributed by atoms with Gasteiger partial charge in [-0.15, -0.1) is 0 Å². The zero-order valence-electron chi connectivity index (χ0n) is 11.5. The van der Waals surface area contributed by atoms with Crippen LogP contribution in [0.1, 0.15) is 0 Å². The Hall–Kier alpha value is -2.87. The molecular formula is C19H15NO. The predicted molar refractivity (Wildman–Crippen MR) is 87.4 cm³/mol. The largest absolute Gasteiger partial charge is 0.508 e. The summed E-state index contributed by atoms with van der Waals surface area (Å²) in [6, 6.07) is 25.4. The number of phenolic OH excluding ortho intramolecular Hbond substituents is 1. The molecule has 0 aliphatic heterocycles. The van der Waals surface area contributed by atoms with Gasteiger partial charge in [-0.05, 0) is 23.6 Å². The lowest BCUT2D eigenvalue weighted by molar-refractivity contribution is 0.475. The number of hydrogen-bond donors (Lipinski definition) is 1. The molecule has 3 aromatic carbocycles. The van der Waals surface area contributed by atoms with Gasteiger partial charge in [0.15, 0.2) is 0 Å². The Morgan fingerprint density at radius 2 is 1.29 bits per heavy atom. The predicted octanol–water partition coefficient (Wildman–Crippen LogP) is 4.78. The molecule has 0 aliphatic rings. The van der Waals surface area contributed by atoms with Gasteiger partial charge in [-0.2, -0.15) is 0 Å². The molecule has 102 valence electrons. The molecule has 0 bridgehead atoms. The number of aromatic hydroxyl groups is 1. The normalized spacial score (nSPS) is 10.1. The van der Waals surface area contributed by atoms with Gasteiger partial charge in [0.05, 0.1) is 5.52 Å². The van der Waals surface area contributed by atoms with Crippen molar-refractivity contribution in [3.05, 3.63) is 85.1 Å². The van der Waals surface area contributed by atoms with Gasteiger partial charge in [0, 0.05) is 17.0 Å². The fourth-order valence-corrected chi connectivity index (χ4v) is 2.24. The monoisotopic (exact) mass is 273 g/mol. The van der Waals surface area contributed by atoms with Gasteiger partial charge >= 0.3 is 0 Å². The molecule has 0 radical (unpaired) electrons. The molecule has 4 aromatic rings. The molecule has 2 heteroatoms. The molecule has 0 saturated heterocycles. The minimum Gasteiger partial charge on any atom is -0.508 e.